The maximum atomic E-state index is 6.36. The average molecular weight is 389 g/mol. The first-order chi connectivity index (χ1) is 14.4. The number of aliphatic imine (C=N–C) groups is 1. The van der Waals surface area contributed by atoms with Gasteiger partial charge in [-0.3, -0.25) is 0 Å². The predicted octanol–water partition coefficient (Wildman–Crippen LogP) is 7.83. The zero-order chi connectivity index (χ0) is 20.6. The first kappa shape index (κ1) is 17.5. The third-order valence-electron chi connectivity index (χ3n) is 6.19. The number of benzene rings is 4. The van der Waals surface area contributed by atoms with Crippen molar-refractivity contribution in [1.82, 2.24) is 0 Å². The Morgan fingerprint density at radius 3 is 2.47 bits per heavy atom. The van der Waals surface area contributed by atoms with Gasteiger partial charge >= 0.3 is 0 Å². The van der Waals surface area contributed by atoms with Gasteiger partial charge in [0.1, 0.15) is 11.2 Å². The Hall–Kier alpha value is -3.39. The Morgan fingerprint density at radius 2 is 1.63 bits per heavy atom. The zero-order valence-corrected chi connectivity index (χ0v) is 17.7. The van der Waals surface area contributed by atoms with Crippen LogP contribution in [-0.4, -0.2) is 5.71 Å². The summed E-state index contributed by atoms with van der Waals surface area (Å²) < 4.78 is 6.36. The van der Waals surface area contributed by atoms with E-state index in [1.54, 1.807) is 0 Å². The molecule has 0 N–H and O–H groups in total. The Morgan fingerprint density at radius 1 is 0.800 bits per heavy atom. The largest absolute Gasteiger partial charge is 0.455 e. The minimum atomic E-state index is 0.0652. The van der Waals surface area contributed by atoms with Gasteiger partial charge in [0, 0.05) is 27.3 Å². The second kappa shape index (κ2) is 5.82. The van der Waals surface area contributed by atoms with E-state index in [1.165, 1.54) is 27.5 Å². The van der Waals surface area contributed by atoms with Crippen LogP contribution in [0.5, 0.6) is 0 Å². The van der Waals surface area contributed by atoms with E-state index in [-0.39, 0.29) is 5.41 Å². The summed E-state index contributed by atoms with van der Waals surface area (Å²) in [5.41, 5.74) is 8.78. The average Bonchev–Trinajstić information content (AvgIpc) is 3.27. The van der Waals surface area contributed by atoms with Gasteiger partial charge in [0.2, 0.25) is 0 Å². The highest BCUT2D eigenvalue weighted by molar-refractivity contribution is 6.30. The van der Waals surface area contributed by atoms with Crippen molar-refractivity contribution in [3.05, 3.63) is 89.0 Å². The quantitative estimate of drug-likeness (QED) is 0.281. The van der Waals surface area contributed by atoms with Crippen LogP contribution in [0.3, 0.4) is 0 Å². The van der Waals surface area contributed by atoms with E-state index in [0.29, 0.717) is 0 Å². The van der Waals surface area contributed by atoms with Crippen LogP contribution in [0.25, 0.3) is 32.7 Å². The molecule has 30 heavy (non-hydrogen) atoms. The highest BCUT2D eigenvalue weighted by Crippen LogP contribution is 2.42. The molecule has 0 fully saturated rings. The van der Waals surface area contributed by atoms with Crippen molar-refractivity contribution in [3.63, 3.8) is 0 Å². The first-order valence-electron chi connectivity index (χ1n) is 10.5. The van der Waals surface area contributed by atoms with Crippen LogP contribution >= 0.6 is 0 Å². The second-order valence-corrected chi connectivity index (χ2v) is 9.40. The van der Waals surface area contributed by atoms with Gasteiger partial charge in [-0.2, -0.15) is 0 Å². The number of furan rings is 1. The Kier molecular flexibility index (Phi) is 3.39. The van der Waals surface area contributed by atoms with Gasteiger partial charge in [-0.25, -0.2) is 4.99 Å². The molecule has 0 radical (unpaired) electrons. The molecule has 4 aromatic carbocycles. The van der Waals surface area contributed by atoms with Crippen molar-refractivity contribution in [2.24, 2.45) is 4.99 Å². The second-order valence-electron chi connectivity index (χ2n) is 9.40. The summed E-state index contributed by atoms with van der Waals surface area (Å²) in [6, 6.07) is 23.8. The van der Waals surface area contributed by atoms with Gasteiger partial charge in [0.05, 0.1) is 11.4 Å². The van der Waals surface area contributed by atoms with E-state index in [2.05, 4.69) is 82.3 Å². The van der Waals surface area contributed by atoms with Crippen LogP contribution in [0.2, 0.25) is 0 Å². The molecule has 0 saturated carbocycles. The molecule has 6 rings (SSSR count). The van der Waals surface area contributed by atoms with E-state index in [0.717, 1.165) is 38.9 Å². The summed E-state index contributed by atoms with van der Waals surface area (Å²) >= 11 is 0. The number of fused-ring (bicyclic) bond motifs is 3. The molecule has 0 saturated heterocycles. The Balaban J connectivity index is 1.70. The first-order valence-corrected chi connectivity index (χ1v) is 10.5. The lowest BCUT2D eigenvalue weighted by Gasteiger charge is -2.21. The normalized spacial score (nSPS) is 13.5. The standard InChI is InChI=1S/C28H23NO/c1-16-12-20-19-9-5-6-11-24(19)30-27(20)22(13-16)26-21-15-18(28(2,3)4)14-17-8-7-10-23(29-26)25(17)21/h5-15H,1-4H3. The van der Waals surface area contributed by atoms with Crippen LogP contribution in [0, 0.1) is 6.92 Å². The molecule has 1 aliphatic heterocycles. The molecule has 5 aromatic rings. The molecule has 146 valence electrons. The van der Waals surface area contributed by atoms with E-state index in [4.69, 9.17) is 9.41 Å². The van der Waals surface area contributed by atoms with E-state index < -0.39 is 0 Å². The minimum Gasteiger partial charge on any atom is -0.455 e. The van der Waals surface area contributed by atoms with Crippen molar-refractivity contribution in [3.8, 4) is 0 Å². The maximum Gasteiger partial charge on any atom is 0.144 e. The molecule has 0 spiro atoms. The van der Waals surface area contributed by atoms with Gasteiger partial charge in [-0.15, -0.1) is 0 Å². The number of hydrogen-bond donors (Lipinski definition) is 0. The number of hydrogen-bond acceptors (Lipinski definition) is 2. The number of nitrogens with zero attached hydrogens (tertiary/aromatic N) is 1. The van der Waals surface area contributed by atoms with Crippen molar-refractivity contribution in [1.29, 1.82) is 0 Å². The molecule has 0 atom stereocenters. The SMILES string of the molecule is Cc1cc(C2=Nc3cccc4cc(C(C)(C)C)cc2c34)c2oc3ccccc3c2c1. The molecular formula is C28H23NO. The summed E-state index contributed by atoms with van der Waals surface area (Å²) in [6.07, 6.45) is 0. The fourth-order valence-corrected chi connectivity index (χ4v) is 4.65. The van der Waals surface area contributed by atoms with Crippen molar-refractivity contribution >= 4 is 44.1 Å². The van der Waals surface area contributed by atoms with Crippen LogP contribution in [-0.2, 0) is 5.41 Å². The predicted molar refractivity (Wildman–Crippen MR) is 126 cm³/mol. The molecule has 0 bridgehead atoms. The van der Waals surface area contributed by atoms with Crippen molar-refractivity contribution in [2.75, 3.05) is 0 Å². The lowest BCUT2D eigenvalue weighted by molar-refractivity contribution is 0.591. The molecule has 1 aromatic heterocycles. The lowest BCUT2D eigenvalue weighted by atomic mass is 9.83. The van der Waals surface area contributed by atoms with Gasteiger partial charge < -0.3 is 4.42 Å². The van der Waals surface area contributed by atoms with Crippen LogP contribution in [0.4, 0.5) is 5.69 Å². The summed E-state index contributed by atoms with van der Waals surface area (Å²) in [6.45, 7) is 8.94. The van der Waals surface area contributed by atoms with Crippen molar-refractivity contribution in [2.45, 2.75) is 33.1 Å². The lowest BCUT2D eigenvalue weighted by Crippen LogP contribution is -2.12. The molecule has 2 heteroatoms. The van der Waals surface area contributed by atoms with Gasteiger partial charge in [-0.05, 0) is 59.2 Å². The topological polar surface area (TPSA) is 25.5 Å². The zero-order valence-electron chi connectivity index (χ0n) is 17.7. The van der Waals surface area contributed by atoms with E-state index >= 15 is 0 Å². The third kappa shape index (κ3) is 2.40. The molecule has 0 amide bonds. The Labute approximate surface area is 175 Å². The highest BCUT2D eigenvalue weighted by atomic mass is 16.3. The van der Waals surface area contributed by atoms with Gasteiger partial charge in [-0.1, -0.05) is 57.2 Å². The van der Waals surface area contributed by atoms with Gasteiger partial charge in [0.15, 0.2) is 0 Å². The minimum absolute atomic E-state index is 0.0652. The number of para-hydroxylation sites is 1. The van der Waals surface area contributed by atoms with Gasteiger partial charge in [0.25, 0.3) is 0 Å². The molecular weight excluding hydrogens is 366 g/mol. The molecule has 2 nitrogen and oxygen atoms in total. The third-order valence-corrected chi connectivity index (χ3v) is 6.19. The van der Waals surface area contributed by atoms with Crippen LogP contribution < -0.4 is 0 Å². The number of aryl methyl sites for hydroxylation is 1. The molecule has 1 aliphatic rings. The van der Waals surface area contributed by atoms with Crippen molar-refractivity contribution < 1.29 is 4.42 Å². The number of rotatable bonds is 1. The highest BCUT2D eigenvalue weighted by Gasteiger charge is 2.26. The summed E-state index contributed by atoms with van der Waals surface area (Å²) in [7, 11) is 0. The smallest absolute Gasteiger partial charge is 0.144 e. The molecule has 0 unspecified atom stereocenters. The summed E-state index contributed by atoms with van der Waals surface area (Å²) in [4.78, 5) is 5.11. The maximum absolute atomic E-state index is 6.36. The van der Waals surface area contributed by atoms with E-state index in [9.17, 15) is 0 Å². The summed E-state index contributed by atoms with van der Waals surface area (Å²) in [5, 5.41) is 4.80. The monoisotopic (exact) mass is 389 g/mol. The fraction of sp³-hybridized carbons (Fsp3) is 0.179. The summed E-state index contributed by atoms with van der Waals surface area (Å²) in [5.74, 6) is 0. The van der Waals surface area contributed by atoms with E-state index in [1.807, 2.05) is 12.1 Å². The van der Waals surface area contributed by atoms with Crippen LogP contribution in [0.15, 0.2) is 76.1 Å². The fourth-order valence-electron chi connectivity index (χ4n) is 4.65. The Bertz CT molecular complexity index is 1530. The molecule has 0 aliphatic carbocycles. The molecule has 2 heterocycles. The van der Waals surface area contributed by atoms with Crippen LogP contribution in [0.1, 0.15) is 43.0 Å².